The van der Waals surface area contributed by atoms with Gasteiger partial charge >= 0.3 is 0 Å². The number of carbonyl (C=O) groups excluding carboxylic acids is 1. The number of amides is 1. The van der Waals surface area contributed by atoms with Gasteiger partial charge in [-0.1, -0.05) is 12.1 Å². The third kappa shape index (κ3) is 3.58. The van der Waals surface area contributed by atoms with Gasteiger partial charge in [0.05, 0.1) is 13.3 Å². The number of ether oxygens (including phenoxy) is 1. The van der Waals surface area contributed by atoms with Crippen molar-refractivity contribution in [2.45, 2.75) is 0 Å². The van der Waals surface area contributed by atoms with Gasteiger partial charge in [-0.05, 0) is 42.0 Å². The van der Waals surface area contributed by atoms with Crippen molar-refractivity contribution in [2.75, 3.05) is 7.11 Å². The number of phenols is 1. The van der Waals surface area contributed by atoms with E-state index in [9.17, 15) is 9.90 Å². The predicted octanol–water partition coefficient (Wildman–Crippen LogP) is 2.16. The molecular weight excluding hydrogens is 256 g/mol. The average molecular weight is 270 g/mol. The largest absolute Gasteiger partial charge is 0.508 e. The number of carbonyl (C=O) groups is 1. The van der Waals surface area contributed by atoms with Crippen LogP contribution in [-0.2, 0) is 0 Å². The Balaban J connectivity index is 1.97. The number of methoxy groups -OCH3 is 1. The zero-order valence-electron chi connectivity index (χ0n) is 10.9. The van der Waals surface area contributed by atoms with E-state index in [1.807, 2.05) is 0 Å². The highest BCUT2D eigenvalue weighted by molar-refractivity contribution is 5.95. The fourth-order valence-corrected chi connectivity index (χ4v) is 1.58. The summed E-state index contributed by atoms with van der Waals surface area (Å²) in [7, 11) is 1.56. The summed E-state index contributed by atoms with van der Waals surface area (Å²) in [4.78, 5) is 11.8. The van der Waals surface area contributed by atoms with Crippen LogP contribution in [0.5, 0.6) is 11.5 Å². The molecule has 0 unspecified atom stereocenters. The fraction of sp³-hybridized carbons (Fsp3) is 0.0667. The summed E-state index contributed by atoms with van der Waals surface area (Å²) < 4.78 is 5.01. The van der Waals surface area contributed by atoms with Gasteiger partial charge in [0.1, 0.15) is 11.5 Å². The highest BCUT2D eigenvalue weighted by Crippen LogP contribution is 2.11. The number of nitrogens with one attached hydrogen (secondary N) is 1. The first-order chi connectivity index (χ1) is 9.69. The van der Waals surface area contributed by atoms with Gasteiger partial charge in [-0.25, -0.2) is 5.43 Å². The van der Waals surface area contributed by atoms with Crippen LogP contribution >= 0.6 is 0 Å². The van der Waals surface area contributed by atoms with Gasteiger partial charge in [-0.2, -0.15) is 5.10 Å². The van der Waals surface area contributed by atoms with Crippen LogP contribution in [0.3, 0.4) is 0 Å². The Labute approximate surface area is 116 Å². The molecule has 0 aliphatic heterocycles. The molecule has 0 aromatic heterocycles. The van der Waals surface area contributed by atoms with E-state index in [1.165, 1.54) is 6.21 Å². The molecule has 0 fully saturated rings. The van der Waals surface area contributed by atoms with Gasteiger partial charge in [0, 0.05) is 5.56 Å². The Bertz CT molecular complexity index is 621. The molecule has 0 saturated heterocycles. The van der Waals surface area contributed by atoms with Crippen molar-refractivity contribution in [3.05, 3.63) is 59.7 Å². The number of aromatic hydroxyl groups is 1. The van der Waals surface area contributed by atoms with Crippen LogP contribution in [0.4, 0.5) is 0 Å². The third-order valence-electron chi connectivity index (χ3n) is 2.60. The summed E-state index contributed by atoms with van der Waals surface area (Å²) in [6, 6.07) is 13.3. The molecule has 5 nitrogen and oxygen atoms in total. The van der Waals surface area contributed by atoms with Crippen LogP contribution < -0.4 is 10.2 Å². The maximum atomic E-state index is 11.8. The molecule has 0 aliphatic carbocycles. The van der Waals surface area contributed by atoms with Crippen LogP contribution in [-0.4, -0.2) is 24.3 Å². The van der Waals surface area contributed by atoms with Gasteiger partial charge in [-0.3, -0.25) is 4.79 Å². The molecule has 0 heterocycles. The SMILES string of the molecule is COc1ccc(C(=O)N/N=C/c2cccc(O)c2)cc1. The molecule has 0 saturated carbocycles. The standard InChI is InChI=1S/C15H14N2O3/c1-20-14-7-5-12(6-8-14)15(19)17-16-10-11-3-2-4-13(18)9-11/h2-10,18H,1H3,(H,17,19)/b16-10+. The minimum Gasteiger partial charge on any atom is -0.508 e. The summed E-state index contributed by atoms with van der Waals surface area (Å²) in [6.07, 6.45) is 1.46. The lowest BCUT2D eigenvalue weighted by atomic mass is 10.2. The Morgan fingerprint density at radius 2 is 2.00 bits per heavy atom. The van der Waals surface area contributed by atoms with E-state index in [-0.39, 0.29) is 11.7 Å². The van der Waals surface area contributed by atoms with Crippen LogP contribution in [0.1, 0.15) is 15.9 Å². The van der Waals surface area contributed by atoms with Gasteiger partial charge < -0.3 is 9.84 Å². The molecule has 0 aliphatic rings. The third-order valence-corrected chi connectivity index (χ3v) is 2.60. The molecule has 0 bridgehead atoms. The van der Waals surface area contributed by atoms with E-state index in [1.54, 1.807) is 55.6 Å². The quantitative estimate of drug-likeness (QED) is 0.660. The molecule has 2 aromatic rings. The van der Waals surface area contributed by atoms with Crippen molar-refractivity contribution in [3.63, 3.8) is 0 Å². The number of hydrazone groups is 1. The monoisotopic (exact) mass is 270 g/mol. The summed E-state index contributed by atoms with van der Waals surface area (Å²) in [5.41, 5.74) is 3.59. The fourth-order valence-electron chi connectivity index (χ4n) is 1.58. The Morgan fingerprint density at radius 3 is 2.65 bits per heavy atom. The smallest absolute Gasteiger partial charge is 0.271 e. The van der Waals surface area contributed by atoms with E-state index in [4.69, 9.17) is 4.74 Å². The number of phenolic OH excluding ortho intramolecular Hbond substituents is 1. The van der Waals surface area contributed by atoms with Gasteiger partial charge in [0.2, 0.25) is 0 Å². The number of rotatable bonds is 4. The normalized spacial score (nSPS) is 10.4. The van der Waals surface area contributed by atoms with E-state index in [2.05, 4.69) is 10.5 Å². The maximum Gasteiger partial charge on any atom is 0.271 e. The zero-order valence-corrected chi connectivity index (χ0v) is 10.9. The molecule has 0 atom stereocenters. The molecule has 5 heteroatoms. The molecule has 20 heavy (non-hydrogen) atoms. The van der Waals surface area contributed by atoms with E-state index in [0.29, 0.717) is 16.9 Å². The Morgan fingerprint density at radius 1 is 1.25 bits per heavy atom. The van der Waals surface area contributed by atoms with Crippen molar-refractivity contribution in [2.24, 2.45) is 5.10 Å². The second-order valence-electron chi connectivity index (χ2n) is 4.02. The lowest BCUT2D eigenvalue weighted by Crippen LogP contribution is -2.17. The number of nitrogens with zero attached hydrogens (tertiary/aromatic N) is 1. The lowest BCUT2D eigenvalue weighted by molar-refractivity contribution is 0.0955. The first-order valence-corrected chi connectivity index (χ1v) is 5.95. The van der Waals surface area contributed by atoms with Crippen LogP contribution in [0, 0.1) is 0 Å². The summed E-state index contributed by atoms with van der Waals surface area (Å²) in [5, 5.41) is 13.1. The van der Waals surface area contributed by atoms with E-state index >= 15 is 0 Å². The van der Waals surface area contributed by atoms with Crippen LogP contribution in [0.2, 0.25) is 0 Å². The molecule has 0 radical (unpaired) electrons. The molecule has 2 rings (SSSR count). The van der Waals surface area contributed by atoms with Crippen LogP contribution in [0.25, 0.3) is 0 Å². The molecular formula is C15H14N2O3. The van der Waals surface area contributed by atoms with E-state index < -0.39 is 0 Å². The number of hydrogen-bond acceptors (Lipinski definition) is 4. The minimum atomic E-state index is -0.316. The van der Waals surface area contributed by atoms with Gasteiger partial charge in [0.25, 0.3) is 5.91 Å². The van der Waals surface area contributed by atoms with Crippen LogP contribution in [0.15, 0.2) is 53.6 Å². The van der Waals surface area contributed by atoms with Gasteiger partial charge in [-0.15, -0.1) is 0 Å². The van der Waals surface area contributed by atoms with Crippen molar-refractivity contribution in [1.82, 2.24) is 5.43 Å². The molecule has 2 aromatic carbocycles. The zero-order chi connectivity index (χ0) is 14.4. The summed E-state index contributed by atoms with van der Waals surface area (Å²) in [5.74, 6) is 0.518. The maximum absolute atomic E-state index is 11.8. The second kappa shape index (κ2) is 6.38. The molecule has 1 amide bonds. The first kappa shape index (κ1) is 13.6. The van der Waals surface area contributed by atoms with Gasteiger partial charge in [0.15, 0.2) is 0 Å². The topological polar surface area (TPSA) is 70.9 Å². The summed E-state index contributed by atoms with van der Waals surface area (Å²) >= 11 is 0. The molecule has 2 N–H and O–H groups in total. The van der Waals surface area contributed by atoms with E-state index in [0.717, 1.165) is 0 Å². The highest BCUT2D eigenvalue weighted by Gasteiger charge is 2.03. The minimum absolute atomic E-state index is 0.149. The first-order valence-electron chi connectivity index (χ1n) is 5.95. The highest BCUT2D eigenvalue weighted by atomic mass is 16.5. The Kier molecular flexibility index (Phi) is 4.34. The second-order valence-corrected chi connectivity index (χ2v) is 4.02. The number of benzene rings is 2. The molecule has 0 spiro atoms. The average Bonchev–Trinajstić information content (AvgIpc) is 2.47. The van der Waals surface area contributed by atoms with Crippen molar-refractivity contribution in [1.29, 1.82) is 0 Å². The Hall–Kier alpha value is -2.82. The van der Waals surface area contributed by atoms with Crippen molar-refractivity contribution >= 4 is 12.1 Å². The summed E-state index contributed by atoms with van der Waals surface area (Å²) in [6.45, 7) is 0. The molecule has 102 valence electrons. The predicted molar refractivity (Wildman–Crippen MR) is 76.2 cm³/mol. The van der Waals surface area contributed by atoms with Crippen molar-refractivity contribution < 1.29 is 14.6 Å². The van der Waals surface area contributed by atoms with Crippen molar-refractivity contribution in [3.8, 4) is 11.5 Å². The lowest BCUT2D eigenvalue weighted by Gasteiger charge is -2.02. The number of hydrogen-bond donors (Lipinski definition) is 2.